The van der Waals surface area contributed by atoms with Crippen LogP contribution in [0, 0.1) is 6.92 Å². The van der Waals surface area contributed by atoms with Crippen LogP contribution in [0.15, 0.2) is 54.9 Å². The molecule has 0 atom stereocenters. The van der Waals surface area contributed by atoms with Crippen LogP contribution in [0.2, 0.25) is 0 Å². The second kappa shape index (κ2) is 7.41. The lowest BCUT2D eigenvalue weighted by Crippen LogP contribution is -1.99. The first-order valence-corrected chi connectivity index (χ1v) is 7.42. The molecule has 0 fully saturated rings. The molecular formula is C18H21N3O. The topological polar surface area (TPSA) is 50.9 Å². The first-order valence-electron chi connectivity index (χ1n) is 7.42. The summed E-state index contributed by atoms with van der Waals surface area (Å²) in [5, 5.41) is 13.8. The van der Waals surface area contributed by atoms with Gasteiger partial charge in [0.15, 0.2) is 5.82 Å². The van der Waals surface area contributed by atoms with Crippen LogP contribution in [-0.4, -0.2) is 19.9 Å². The predicted octanol–water partition coefficient (Wildman–Crippen LogP) is 4.36. The highest BCUT2D eigenvalue weighted by atomic mass is 16.3. The Morgan fingerprint density at radius 3 is 2.36 bits per heavy atom. The number of aromatic hydroxyl groups is 1. The number of benzene rings is 2. The van der Waals surface area contributed by atoms with E-state index in [4.69, 9.17) is 0 Å². The Kier molecular flexibility index (Phi) is 5.31. The lowest BCUT2D eigenvalue weighted by atomic mass is 10.2. The van der Waals surface area contributed by atoms with Crippen molar-refractivity contribution in [3.05, 3.63) is 60.4 Å². The van der Waals surface area contributed by atoms with Crippen molar-refractivity contribution in [2.24, 2.45) is 0 Å². The predicted molar refractivity (Wildman–Crippen MR) is 89.2 cm³/mol. The van der Waals surface area contributed by atoms with Crippen molar-refractivity contribution in [2.75, 3.05) is 0 Å². The molecule has 0 spiro atoms. The summed E-state index contributed by atoms with van der Waals surface area (Å²) in [7, 11) is 0. The molecule has 0 radical (unpaired) electrons. The van der Waals surface area contributed by atoms with Gasteiger partial charge in [-0.25, -0.2) is 9.67 Å². The van der Waals surface area contributed by atoms with E-state index in [1.54, 1.807) is 22.9 Å². The van der Waals surface area contributed by atoms with Crippen LogP contribution in [0.25, 0.3) is 17.1 Å². The first-order chi connectivity index (χ1) is 10.7. The third-order valence-electron chi connectivity index (χ3n) is 2.93. The van der Waals surface area contributed by atoms with Crippen molar-refractivity contribution >= 4 is 0 Å². The Bertz CT molecular complexity index is 717. The van der Waals surface area contributed by atoms with Crippen molar-refractivity contribution in [1.29, 1.82) is 0 Å². The monoisotopic (exact) mass is 295 g/mol. The van der Waals surface area contributed by atoms with Gasteiger partial charge in [0, 0.05) is 5.56 Å². The van der Waals surface area contributed by atoms with Crippen LogP contribution in [-0.2, 0) is 0 Å². The third-order valence-corrected chi connectivity index (χ3v) is 2.93. The maximum atomic E-state index is 9.55. The van der Waals surface area contributed by atoms with Crippen LogP contribution in [0.5, 0.6) is 5.75 Å². The fourth-order valence-electron chi connectivity index (χ4n) is 1.96. The van der Waals surface area contributed by atoms with Crippen LogP contribution in [0.4, 0.5) is 0 Å². The van der Waals surface area contributed by atoms with E-state index < -0.39 is 0 Å². The van der Waals surface area contributed by atoms with E-state index in [0.717, 1.165) is 11.3 Å². The molecule has 0 aliphatic carbocycles. The summed E-state index contributed by atoms with van der Waals surface area (Å²) in [5.41, 5.74) is 2.97. The molecule has 1 aromatic heterocycles. The Morgan fingerprint density at radius 2 is 1.73 bits per heavy atom. The zero-order valence-electron chi connectivity index (χ0n) is 13.2. The van der Waals surface area contributed by atoms with Crippen molar-refractivity contribution in [2.45, 2.75) is 27.2 Å². The number of phenolic OH excluding ortho intramolecular Hbond substituents is 1. The molecule has 0 saturated carbocycles. The van der Waals surface area contributed by atoms with E-state index in [1.807, 2.05) is 37.3 Å². The fourth-order valence-corrected chi connectivity index (χ4v) is 1.96. The summed E-state index contributed by atoms with van der Waals surface area (Å²) in [4.78, 5) is 4.27. The molecule has 114 valence electrons. The highest BCUT2D eigenvalue weighted by molar-refractivity contribution is 5.59. The molecule has 3 aromatic rings. The maximum Gasteiger partial charge on any atom is 0.163 e. The number of aromatic nitrogens is 3. The number of phenols is 1. The zero-order valence-corrected chi connectivity index (χ0v) is 13.2. The maximum absolute atomic E-state index is 9.55. The Balaban J connectivity index is 0.000000545. The quantitative estimate of drug-likeness (QED) is 0.764. The van der Waals surface area contributed by atoms with Gasteiger partial charge in [-0.05, 0) is 31.2 Å². The summed E-state index contributed by atoms with van der Waals surface area (Å²) in [5.74, 6) is 0.927. The standard InChI is InChI=1S/C15H13N3O.C3H8/c1-11-5-7-13(8-6-11)18-15(16-10-17-18)12-3-2-4-14(19)9-12;1-3-2/h2-10,19H,1H3;3H2,1-2H3. The summed E-state index contributed by atoms with van der Waals surface area (Å²) in [6, 6.07) is 15.1. The summed E-state index contributed by atoms with van der Waals surface area (Å²) >= 11 is 0. The molecular weight excluding hydrogens is 274 g/mol. The molecule has 4 nitrogen and oxygen atoms in total. The first kappa shape index (κ1) is 15.8. The van der Waals surface area contributed by atoms with Crippen molar-refractivity contribution < 1.29 is 5.11 Å². The van der Waals surface area contributed by atoms with E-state index in [0.29, 0.717) is 5.82 Å². The number of aryl methyl sites for hydroxylation is 1. The minimum Gasteiger partial charge on any atom is -0.508 e. The van der Waals surface area contributed by atoms with Gasteiger partial charge in [-0.2, -0.15) is 5.10 Å². The van der Waals surface area contributed by atoms with Crippen LogP contribution in [0.3, 0.4) is 0 Å². The summed E-state index contributed by atoms with van der Waals surface area (Å²) in [6.07, 6.45) is 2.76. The van der Waals surface area contributed by atoms with Gasteiger partial charge in [-0.15, -0.1) is 0 Å². The van der Waals surface area contributed by atoms with Crippen molar-refractivity contribution in [1.82, 2.24) is 14.8 Å². The van der Waals surface area contributed by atoms with Gasteiger partial charge in [0.05, 0.1) is 5.69 Å². The van der Waals surface area contributed by atoms with E-state index in [1.165, 1.54) is 18.3 Å². The molecule has 3 rings (SSSR count). The average molecular weight is 295 g/mol. The van der Waals surface area contributed by atoms with Gasteiger partial charge >= 0.3 is 0 Å². The van der Waals surface area contributed by atoms with Crippen LogP contribution >= 0.6 is 0 Å². The smallest absolute Gasteiger partial charge is 0.163 e. The molecule has 0 saturated heterocycles. The number of hydrogen-bond acceptors (Lipinski definition) is 3. The fraction of sp³-hybridized carbons (Fsp3) is 0.222. The minimum absolute atomic E-state index is 0.218. The summed E-state index contributed by atoms with van der Waals surface area (Å²) < 4.78 is 1.76. The number of hydrogen-bond donors (Lipinski definition) is 1. The highest BCUT2D eigenvalue weighted by Gasteiger charge is 2.09. The molecule has 1 heterocycles. The Hall–Kier alpha value is -2.62. The van der Waals surface area contributed by atoms with Gasteiger partial charge in [-0.1, -0.05) is 50.1 Å². The molecule has 0 aliphatic rings. The Labute approximate surface area is 131 Å². The SMILES string of the molecule is CCC.Cc1ccc(-n2ncnc2-c2cccc(O)c2)cc1. The second-order valence-corrected chi connectivity index (χ2v) is 5.09. The number of rotatable bonds is 2. The van der Waals surface area contributed by atoms with Gasteiger partial charge < -0.3 is 5.11 Å². The zero-order chi connectivity index (χ0) is 15.9. The van der Waals surface area contributed by atoms with Crippen LogP contribution in [0.1, 0.15) is 25.8 Å². The molecule has 0 aliphatic heterocycles. The Morgan fingerprint density at radius 1 is 1.05 bits per heavy atom. The molecule has 0 unspecified atom stereocenters. The molecule has 2 aromatic carbocycles. The van der Waals surface area contributed by atoms with E-state index in [-0.39, 0.29) is 5.75 Å². The third kappa shape index (κ3) is 3.73. The molecule has 0 amide bonds. The highest BCUT2D eigenvalue weighted by Crippen LogP contribution is 2.23. The van der Waals surface area contributed by atoms with E-state index >= 15 is 0 Å². The van der Waals surface area contributed by atoms with Crippen LogP contribution < -0.4 is 0 Å². The largest absolute Gasteiger partial charge is 0.508 e. The average Bonchev–Trinajstić information content (AvgIpc) is 2.98. The molecule has 4 heteroatoms. The second-order valence-electron chi connectivity index (χ2n) is 5.09. The normalized spacial score (nSPS) is 9.95. The van der Waals surface area contributed by atoms with E-state index in [9.17, 15) is 5.11 Å². The summed E-state index contributed by atoms with van der Waals surface area (Å²) in [6.45, 7) is 6.29. The van der Waals surface area contributed by atoms with E-state index in [2.05, 4.69) is 23.9 Å². The molecule has 22 heavy (non-hydrogen) atoms. The van der Waals surface area contributed by atoms with Gasteiger partial charge in [0.1, 0.15) is 12.1 Å². The molecule has 1 N–H and O–H groups in total. The lowest BCUT2D eigenvalue weighted by Gasteiger charge is -2.06. The van der Waals surface area contributed by atoms with Gasteiger partial charge in [0.25, 0.3) is 0 Å². The minimum atomic E-state index is 0.218. The lowest BCUT2D eigenvalue weighted by molar-refractivity contribution is 0.475. The van der Waals surface area contributed by atoms with Gasteiger partial charge in [0.2, 0.25) is 0 Å². The van der Waals surface area contributed by atoms with Gasteiger partial charge in [-0.3, -0.25) is 0 Å². The number of nitrogens with zero attached hydrogens (tertiary/aromatic N) is 3. The molecule has 0 bridgehead atoms. The van der Waals surface area contributed by atoms with Crippen molar-refractivity contribution in [3.63, 3.8) is 0 Å². The van der Waals surface area contributed by atoms with Crippen molar-refractivity contribution in [3.8, 4) is 22.8 Å².